The van der Waals surface area contributed by atoms with Gasteiger partial charge in [-0.2, -0.15) is 15.2 Å². The van der Waals surface area contributed by atoms with Crippen LogP contribution in [0.4, 0.5) is 15.9 Å². The molecule has 1 N–H and O–H groups in total. The Morgan fingerprint density at radius 3 is 2.84 bits per heavy atom. The highest BCUT2D eigenvalue weighted by Gasteiger charge is 2.49. The van der Waals surface area contributed by atoms with Gasteiger partial charge in [0.05, 0.1) is 41.7 Å². The van der Waals surface area contributed by atoms with Gasteiger partial charge in [0.1, 0.15) is 29.9 Å². The van der Waals surface area contributed by atoms with Crippen molar-refractivity contribution in [3.05, 3.63) is 59.3 Å². The van der Waals surface area contributed by atoms with Gasteiger partial charge in [0, 0.05) is 44.3 Å². The standard InChI is InChI=1S/C32H33FN6O4.C2H6/c33-23-16-32(8-2-10-38(32)18-23)20-43-31-35-26-19-39(30(41)28(26)29(36-31)37-9-3-12-42-13-11-37)27-15-24(40)6-7-25(27)22-5-1-4-21(14-22)17-34;1-2/h1,4-7,14-15,23,40H,2-3,8-13,16,18-20H2;1-2H3. The zero-order chi connectivity index (χ0) is 31.6. The van der Waals surface area contributed by atoms with E-state index < -0.39 is 6.17 Å². The number of nitrogens with zero attached hydrogens (tertiary/aromatic N) is 6. The number of aromatic nitrogens is 2. The molecule has 0 spiro atoms. The first-order valence-electron chi connectivity index (χ1n) is 15.8. The van der Waals surface area contributed by atoms with E-state index in [1.807, 2.05) is 19.9 Å². The summed E-state index contributed by atoms with van der Waals surface area (Å²) >= 11 is 0. The molecule has 1 amide bonds. The average Bonchev–Trinajstić information content (AvgIpc) is 3.60. The molecule has 0 bridgehead atoms. The Morgan fingerprint density at radius 2 is 2.00 bits per heavy atom. The van der Waals surface area contributed by atoms with E-state index >= 15 is 0 Å². The molecule has 0 radical (unpaired) electrons. The molecule has 0 saturated carbocycles. The minimum absolute atomic E-state index is 0.0158. The zero-order valence-electron chi connectivity index (χ0n) is 25.8. The predicted molar refractivity (Wildman–Crippen MR) is 168 cm³/mol. The van der Waals surface area contributed by atoms with Gasteiger partial charge in [-0.3, -0.25) is 9.69 Å². The van der Waals surface area contributed by atoms with Crippen LogP contribution in [0.2, 0.25) is 0 Å². The van der Waals surface area contributed by atoms with Crippen LogP contribution in [0.3, 0.4) is 0 Å². The largest absolute Gasteiger partial charge is 0.508 e. The monoisotopic (exact) mass is 614 g/mol. The predicted octanol–water partition coefficient (Wildman–Crippen LogP) is 5.09. The number of anilines is 2. The molecule has 2 atom stereocenters. The molecule has 0 aliphatic carbocycles. The Bertz CT molecular complexity index is 1600. The first kappa shape index (κ1) is 30.7. The van der Waals surface area contributed by atoms with Gasteiger partial charge in [0.25, 0.3) is 5.91 Å². The number of carbonyl (C=O) groups is 1. The van der Waals surface area contributed by atoms with Crippen molar-refractivity contribution >= 4 is 17.4 Å². The molecule has 3 saturated heterocycles. The van der Waals surface area contributed by atoms with Crippen LogP contribution in [0.5, 0.6) is 11.8 Å². The zero-order valence-corrected chi connectivity index (χ0v) is 25.8. The summed E-state index contributed by atoms with van der Waals surface area (Å²) in [5, 5.41) is 19.9. The second-order valence-electron chi connectivity index (χ2n) is 11.8. The van der Waals surface area contributed by atoms with Crippen molar-refractivity contribution in [1.29, 1.82) is 5.26 Å². The Kier molecular flexibility index (Phi) is 8.88. The summed E-state index contributed by atoms with van der Waals surface area (Å²) in [6, 6.07) is 14.4. The maximum absolute atomic E-state index is 14.4. The van der Waals surface area contributed by atoms with E-state index in [4.69, 9.17) is 19.4 Å². The number of hydrogen-bond donors (Lipinski definition) is 1. The minimum atomic E-state index is -0.867. The van der Waals surface area contributed by atoms with Gasteiger partial charge in [0.15, 0.2) is 0 Å². The molecule has 45 heavy (non-hydrogen) atoms. The number of hydrogen-bond acceptors (Lipinski definition) is 9. The molecule has 7 rings (SSSR count). The number of ether oxygens (including phenoxy) is 2. The summed E-state index contributed by atoms with van der Waals surface area (Å²) in [6.07, 6.45) is 2.23. The van der Waals surface area contributed by atoms with Crippen LogP contribution in [-0.4, -0.2) is 83.6 Å². The van der Waals surface area contributed by atoms with Crippen LogP contribution < -0.4 is 14.5 Å². The van der Waals surface area contributed by atoms with Crippen LogP contribution in [0.1, 0.15) is 61.1 Å². The molecule has 236 valence electrons. The van der Waals surface area contributed by atoms with E-state index in [0.717, 1.165) is 31.4 Å². The summed E-state index contributed by atoms with van der Waals surface area (Å²) < 4.78 is 26.3. The van der Waals surface area contributed by atoms with E-state index in [1.54, 1.807) is 41.3 Å². The highest BCUT2D eigenvalue weighted by Crippen LogP contribution is 2.42. The highest BCUT2D eigenvalue weighted by atomic mass is 19.1. The van der Waals surface area contributed by atoms with Crippen LogP contribution >= 0.6 is 0 Å². The summed E-state index contributed by atoms with van der Waals surface area (Å²) in [6.45, 7) is 8.10. The Morgan fingerprint density at radius 1 is 1.13 bits per heavy atom. The molecule has 4 aliphatic heterocycles. The number of carbonyl (C=O) groups excluding carboxylic acids is 1. The number of alkyl halides is 1. The van der Waals surface area contributed by atoms with Gasteiger partial charge in [-0.15, -0.1) is 0 Å². The minimum Gasteiger partial charge on any atom is -0.508 e. The molecule has 11 heteroatoms. The molecule has 4 aliphatic rings. The molecule has 1 aromatic heterocycles. The van der Waals surface area contributed by atoms with Gasteiger partial charge < -0.3 is 24.4 Å². The third kappa shape index (κ3) is 5.92. The fourth-order valence-electron chi connectivity index (χ4n) is 7.00. The normalized spacial score (nSPS) is 22.7. The van der Waals surface area contributed by atoms with Gasteiger partial charge in [-0.1, -0.05) is 26.0 Å². The maximum Gasteiger partial charge on any atom is 0.318 e. The Balaban J connectivity index is 0.00000175. The molecule has 5 heterocycles. The molecular weight excluding hydrogens is 575 g/mol. The number of amides is 1. The van der Waals surface area contributed by atoms with Crippen molar-refractivity contribution in [1.82, 2.24) is 14.9 Å². The second-order valence-corrected chi connectivity index (χ2v) is 11.8. The third-order valence-electron chi connectivity index (χ3n) is 9.04. The SMILES string of the molecule is CC.N#Cc1cccc(-c2ccc(O)cc2N2Cc3nc(OCC45CCCN4CC(F)C5)nc(N4CCCOCC4)c3C2=O)c1. The Hall–Kier alpha value is -4.27. The summed E-state index contributed by atoms with van der Waals surface area (Å²) in [5.41, 5.74) is 3.03. The number of nitriles is 1. The maximum atomic E-state index is 14.4. The first-order chi connectivity index (χ1) is 21.9. The number of halogens is 1. The van der Waals surface area contributed by atoms with E-state index in [0.29, 0.717) is 79.8 Å². The first-order valence-corrected chi connectivity index (χ1v) is 15.8. The number of rotatable bonds is 6. The van der Waals surface area contributed by atoms with Crippen molar-refractivity contribution in [2.45, 2.75) is 57.8 Å². The third-order valence-corrected chi connectivity index (χ3v) is 9.04. The smallest absolute Gasteiger partial charge is 0.318 e. The number of aromatic hydroxyl groups is 1. The summed E-state index contributed by atoms with van der Waals surface area (Å²) in [5.74, 6) is 0.241. The van der Waals surface area contributed by atoms with E-state index in [9.17, 15) is 19.6 Å². The summed E-state index contributed by atoms with van der Waals surface area (Å²) in [7, 11) is 0. The number of fused-ring (bicyclic) bond motifs is 2. The van der Waals surface area contributed by atoms with Crippen molar-refractivity contribution in [2.75, 3.05) is 55.8 Å². The van der Waals surface area contributed by atoms with E-state index in [2.05, 4.69) is 15.9 Å². The van der Waals surface area contributed by atoms with Crippen molar-refractivity contribution < 1.29 is 23.8 Å². The van der Waals surface area contributed by atoms with Crippen molar-refractivity contribution in [3.8, 4) is 29.0 Å². The lowest BCUT2D eigenvalue weighted by Gasteiger charge is -2.31. The topological polar surface area (TPSA) is 115 Å². The summed E-state index contributed by atoms with van der Waals surface area (Å²) in [4.78, 5) is 29.5. The fraction of sp³-hybridized carbons (Fsp3) is 0.471. The van der Waals surface area contributed by atoms with Crippen LogP contribution in [0, 0.1) is 11.3 Å². The second kappa shape index (κ2) is 13.0. The van der Waals surface area contributed by atoms with Crippen LogP contribution in [0.15, 0.2) is 42.5 Å². The van der Waals surface area contributed by atoms with Crippen molar-refractivity contribution in [3.63, 3.8) is 0 Å². The van der Waals surface area contributed by atoms with Gasteiger partial charge in [-0.05, 0) is 55.6 Å². The highest BCUT2D eigenvalue weighted by molar-refractivity contribution is 6.14. The molecule has 2 unspecified atom stereocenters. The number of benzene rings is 2. The molecule has 3 aromatic rings. The Labute approximate surface area is 263 Å². The number of phenols is 1. The van der Waals surface area contributed by atoms with Crippen LogP contribution in [0.25, 0.3) is 11.1 Å². The molecule has 2 aromatic carbocycles. The molecule has 10 nitrogen and oxygen atoms in total. The quantitative estimate of drug-likeness (QED) is 0.406. The average molecular weight is 615 g/mol. The van der Waals surface area contributed by atoms with E-state index in [-0.39, 0.29) is 29.8 Å². The van der Waals surface area contributed by atoms with Gasteiger partial charge in [0.2, 0.25) is 0 Å². The van der Waals surface area contributed by atoms with Gasteiger partial charge in [-0.25, -0.2) is 4.39 Å². The fourth-order valence-corrected chi connectivity index (χ4v) is 7.00. The lowest BCUT2D eigenvalue weighted by Crippen LogP contribution is -2.43. The number of phenolic OH excluding ortho intramolecular Hbond substituents is 1. The van der Waals surface area contributed by atoms with Gasteiger partial charge >= 0.3 is 6.01 Å². The van der Waals surface area contributed by atoms with E-state index in [1.165, 1.54) is 0 Å². The van der Waals surface area contributed by atoms with Crippen molar-refractivity contribution in [2.24, 2.45) is 0 Å². The molecule has 3 fully saturated rings. The lowest BCUT2D eigenvalue weighted by molar-refractivity contribution is 0.0995. The lowest BCUT2D eigenvalue weighted by atomic mass is 9.95. The molecular formula is C34H39FN6O4. The van der Waals surface area contributed by atoms with Crippen LogP contribution in [-0.2, 0) is 11.3 Å².